The number of halogens is 2. The van der Waals surface area contributed by atoms with Crippen molar-refractivity contribution in [2.75, 3.05) is 13.6 Å². The highest BCUT2D eigenvalue weighted by Gasteiger charge is 2.32. The molecule has 2 atom stereocenters. The van der Waals surface area contributed by atoms with Crippen LogP contribution in [0, 0.1) is 5.92 Å². The molecule has 0 saturated heterocycles. The highest BCUT2D eigenvalue weighted by molar-refractivity contribution is 9.10. The van der Waals surface area contributed by atoms with Crippen molar-refractivity contribution >= 4 is 33.4 Å². The number of hydrogen-bond acceptors (Lipinski definition) is 2. The third-order valence-corrected chi connectivity index (χ3v) is 5.12. The molecule has 1 amide bonds. The van der Waals surface area contributed by atoms with Gasteiger partial charge < -0.3 is 10.6 Å². The van der Waals surface area contributed by atoms with Gasteiger partial charge in [0.2, 0.25) is 0 Å². The van der Waals surface area contributed by atoms with Gasteiger partial charge in [-0.25, -0.2) is 0 Å². The molecule has 0 heterocycles. The molecule has 0 aromatic heterocycles. The van der Waals surface area contributed by atoms with Crippen molar-refractivity contribution in [3.05, 3.63) is 33.3 Å². The Hall–Kier alpha value is -0.580. The summed E-state index contributed by atoms with van der Waals surface area (Å²) >= 11 is 9.30. The molecule has 1 aromatic carbocycles. The molecule has 19 heavy (non-hydrogen) atoms. The molecule has 0 spiro atoms. The van der Waals surface area contributed by atoms with E-state index in [9.17, 15) is 4.79 Å². The molecule has 1 aliphatic carbocycles. The number of hydrogen-bond donors (Lipinski definition) is 1. The van der Waals surface area contributed by atoms with Crippen molar-refractivity contribution < 1.29 is 4.79 Å². The maximum absolute atomic E-state index is 12.5. The van der Waals surface area contributed by atoms with E-state index in [0.29, 0.717) is 23.0 Å². The van der Waals surface area contributed by atoms with Crippen molar-refractivity contribution in [1.29, 1.82) is 0 Å². The summed E-state index contributed by atoms with van der Waals surface area (Å²) in [6.45, 7) is 0.645. The number of carbonyl (C=O) groups is 1. The Morgan fingerprint density at radius 1 is 1.53 bits per heavy atom. The van der Waals surface area contributed by atoms with Gasteiger partial charge in [-0.1, -0.05) is 18.0 Å². The molecular weight excluding hydrogens is 328 g/mol. The summed E-state index contributed by atoms with van der Waals surface area (Å²) in [6.07, 6.45) is 3.30. The van der Waals surface area contributed by atoms with Gasteiger partial charge in [0.05, 0.1) is 5.02 Å². The molecule has 2 unspecified atom stereocenters. The molecule has 5 heteroatoms. The second-order valence-corrected chi connectivity index (χ2v) is 6.30. The summed E-state index contributed by atoms with van der Waals surface area (Å²) in [4.78, 5) is 14.3. The van der Waals surface area contributed by atoms with Crippen LogP contribution >= 0.6 is 27.5 Å². The average molecular weight is 346 g/mol. The van der Waals surface area contributed by atoms with E-state index in [4.69, 9.17) is 17.3 Å². The minimum atomic E-state index is 0.0303. The summed E-state index contributed by atoms with van der Waals surface area (Å²) in [5.74, 6) is 0.451. The van der Waals surface area contributed by atoms with Crippen molar-refractivity contribution in [2.24, 2.45) is 11.7 Å². The quantitative estimate of drug-likeness (QED) is 0.913. The van der Waals surface area contributed by atoms with E-state index in [1.54, 1.807) is 18.2 Å². The van der Waals surface area contributed by atoms with Gasteiger partial charge in [-0.05, 0) is 59.4 Å². The first kappa shape index (κ1) is 14.8. The van der Waals surface area contributed by atoms with E-state index in [2.05, 4.69) is 15.9 Å². The zero-order valence-electron chi connectivity index (χ0n) is 10.9. The van der Waals surface area contributed by atoms with Crippen LogP contribution in [0.2, 0.25) is 5.02 Å². The fraction of sp³-hybridized carbons (Fsp3) is 0.500. The van der Waals surface area contributed by atoms with Crippen LogP contribution in [-0.2, 0) is 0 Å². The van der Waals surface area contributed by atoms with Gasteiger partial charge in [-0.2, -0.15) is 0 Å². The largest absolute Gasteiger partial charge is 0.338 e. The van der Waals surface area contributed by atoms with Crippen LogP contribution in [0.5, 0.6) is 0 Å². The summed E-state index contributed by atoms with van der Waals surface area (Å²) in [6, 6.07) is 5.53. The van der Waals surface area contributed by atoms with Gasteiger partial charge in [0.25, 0.3) is 5.91 Å². The van der Waals surface area contributed by atoms with E-state index < -0.39 is 0 Å². The Balaban J connectivity index is 2.16. The Morgan fingerprint density at radius 2 is 2.26 bits per heavy atom. The summed E-state index contributed by atoms with van der Waals surface area (Å²) in [7, 11) is 1.86. The zero-order chi connectivity index (χ0) is 14.0. The van der Waals surface area contributed by atoms with E-state index in [-0.39, 0.29) is 11.9 Å². The normalized spacial score (nSPS) is 22.5. The van der Waals surface area contributed by atoms with Crippen LogP contribution in [0.25, 0.3) is 0 Å². The molecule has 3 nitrogen and oxygen atoms in total. The molecule has 1 fully saturated rings. The van der Waals surface area contributed by atoms with Gasteiger partial charge in [-0.3, -0.25) is 4.79 Å². The molecule has 0 radical (unpaired) electrons. The lowest BCUT2D eigenvalue weighted by atomic mass is 10.0. The molecule has 1 saturated carbocycles. The van der Waals surface area contributed by atoms with Crippen molar-refractivity contribution in [3.8, 4) is 0 Å². The minimum Gasteiger partial charge on any atom is -0.338 e. The number of nitrogens with zero attached hydrogens (tertiary/aromatic N) is 1. The highest BCUT2D eigenvalue weighted by Crippen LogP contribution is 2.30. The molecule has 104 valence electrons. The lowest BCUT2D eigenvalue weighted by molar-refractivity contribution is 0.0700. The van der Waals surface area contributed by atoms with Gasteiger partial charge in [-0.15, -0.1) is 0 Å². The van der Waals surface area contributed by atoms with E-state index >= 15 is 0 Å². The van der Waals surface area contributed by atoms with E-state index in [0.717, 1.165) is 23.7 Å². The number of rotatable bonds is 3. The zero-order valence-corrected chi connectivity index (χ0v) is 13.2. The lowest BCUT2D eigenvalue weighted by Gasteiger charge is -2.29. The van der Waals surface area contributed by atoms with E-state index in [1.165, 1.54) is 0 Å². The first-order chi connectivity index (χ1) is 9.04. The van der Waals surface area contributed by atoms with Gasteiger partial charge in [0, 0.05) is 23.1 Å². The third-order valence-electron chi connectivity index (χ3n) is 3.91. The molecule has 1 aromatic rings. The minimum absolute atomic E-state index is 0.0303. The fourth-order valence-electron chi connectivity index (χ4n) is 2.79. The molecule has 1 aliphatic rings. The number of nitrogens with two attached hydrogens (primary N) is 1. The fourth-order valence-corrected chi connectivity index (χ4v) is 3.28. The van der Waals surface area contributed by atoms with Gasteiger partial charge in [0.15, 0.2) is 0 Å². The van der Waals surface area contributed by atoms with Crippen molar-refractivity contribution in [1.82, 2.24) is 4.90 Å². The Labute approximate surface area is 127 Å². The molecule has 2 N–H and O–H groups in total. The standard InChI is InChI=1S/C14H18BrClN2O/c1-18(13-4-2-3-10(13)8-17)14(19)9-5-6-12(16)11(15)7-9/h5-7,10,13H,2-4,8,17H2,1H3. The van der Waals surface area contributed by atoms with Gasteiger partial charge >= 0.3 is 0 Å². The lowest BCUT2D eigenvalue weighted by Crippen LogP contribution is -2.41. The third kappa shape index (κ3) is 3.12. The predicted octanol–water partition coefficient (Wildman–Crippen LogP) is 3.30. The average Bonchev–Trinajstić information content (AvgIpc) is 2.88. The second-order valence-electron chi connectivity index (χ2n) is 5.04. The molecule has 2 rings (SSSR count). The van der Waals surface area contributed by atoms with Crippen molar-refractivity contribution in [3.63, 3.8) is 0 Å². The Morgan fingerprint density at radius 3 is 2.89 bits per heavy atom. The van der Waals surface area contributed by atoms with Crippen LogP contribution in [-0.4, -0.2) is 30.4 Å². The summed E-state index contributed by atoms with van der Waals surface area (Å²) in [5.41, 5.74) is 6.44. The maximum Gasteiger partial charge on any atom is 0.253 e. The summed E-state index contributed by atoms with van der Waals surface area (Å²) < 4.78 is 0.746. The number of carbonyl (C=O) groups excluding carboxylic acids is 1. The molecular formula is C14H18BrClN2O. The Kier molecular flexibility index (Phi) is 4.87. The maximum atomic E-state index is 12.5. The topological polar surface area (TPSA) is 46.3 Å². The SMILES string of the molecule is CN(C(=O)c1ccc(Cl)c(Br)c1)C1CCCC1CN. The van der Waals surface area contributed by atoms with Gasteiger partial charge in [0.1, 0.15) is 0 Å². The first-order valence-electron chi connectivity index (χ1n) is 6.47. The van der Waals surface area contributed by atoms with Crippen molar-refractivity contribution in [2.45, 2.75) is 25.3 Å². The summed E-state index contributed by atoms with van der Waals surface area (Å²) in [5, 5.41) is 0.611. The number of benzene rings is 1. The monoisotopic (exact) mass is 344 g/mol. The van der Waals surface area contributed by atoms with Crippen LogP contribution in [0.1, 0.15) is 29.6 Å². The highest BCUT2D eigenvalue weighted by atomic mass is 79.9. The van der Waals surface area contributed by atoms with Crippen LogP contribution in [0.3, 0.4) is 0 Å². The second kappa shape index (κ2) is 6.25. The van der Waals surface area contributed by atoms with Crippen LogP contribution < -0.4 is 5.73 Å². The molecule has 0 aliphatic heterocycles. The first-order valence-corrected chi connectivity index (χ1v) is 7.64. The smallest absolute Gasteiger partial charge is 0.253 e. The predicted molar refractivity (Wildman–Crippen MR) is 81.4 cm³/mol. The number of amides is 1. The van der Waals surface area contributed by atoms with Crippen LogP contribution in [0.4, 0.5) is 0 Å². The van der Waals surface area contributed by atoms with Crippen LogP contribution in [0.15, 0.2) is 22.7 Å². The Bertz CT molecular complexity index is 481. The van der Waals surface area contributed by atoms with E-state index in [1.807, 2.05) is 11.9 Å². The molecule has 0 bridgehead atoms.